The third kappa shape index (κ3) is 4.30. The van der Waals surface area contributed by atoms with Crippen molar-refractivity contribution in [2.45, 2.75) is 13.0 Å². The Morgan fingerprint density at radius 3 is 2.73 bits per heavy atom. The molecule has 0 amide bonds. The van der Waals surface area contributed by atoms with Crippen LogP contribution in [0.25, 0.3) is 0 Å². The van der Waals surface area contributed by atoms with Gasteiger partial charge in [0, 0.05) is 6.92 Å². The van der Waals surface area contributed by atoms with Gasteiger partial charge in [-0.2, -0.15) is 0 Å². The van der Waals surface area contributed by atoms with E-state index in [1.165, 1.54) is 6.92 Å². The molecule has 0 fully saturated rings. The van der Waals surface area contributed by atoms with Gasteiger partial charge in [-0.15, -0.1) is 0 Å². The molecule has 0 aliphatic carbocycles. The highest BCUT2D eigenvalue weighted by atomic mass is 16.5. The van der Waals surface area contributed by atoms with E-state index in [1.54, 1.807) is 12.1 Å². The molecule has 0 radical (unpaired) electrons. The maximum Gasteiger partial charge on any atom is 0.303 e. The molecule has 15 heavy (non-hydrogen) atoms. The zero-order valence-electron chi connectivity index (χ0n) is 8.43. The highest BCUT2D eigenvalue weighted by Gasteiger charge is 2.00. The van der Waals surface area contributed by atoms with Gasteiger partial charge in [-0.25, -0.2) is 0 Å². The van der Waals surface area contributed by atoms with E-state index in [2.05, 4.69) is 16.6 Å². The number of rotatable bonds is 2. The van der Waals surface area contributed by atoms with Crippen LogP contribution in [0.5, 0.6) is 0 Å². The Bertz CT molecular complexity index is 373. The quantitative estimate of drug-likeness (QED) is 0.583. The van der Waals surface area contributed by atoms with Crippen LogP contribution in [0.3, 0.4) is 0 Å². The van der Waals surface area contributed by atoms with Crippen molar-refractivity contribution in [3.05, 3.63) is 35.9 Å². The molecule has 0 aromatic heterocycles. The lowest BCUT2D eigenvalue weighted by Crippen LogP contribution is -1.99. The third-order valence-corrected chi connectivity index (χ3v) is 1.70. The molecule has 0 heterocycles. The van der Waals surface area contributed by atoms with E-state index in [-0.39, 0.29) is 12.6 Å². The van der Waals surface area contributed by atoms with Gasteiger partial charge in [0.2, 0.25) is 0 Å². The molecule has 0 saturated heterocycles. The molecule has 78 valence electrons. The van der Waals surface area contributed by atoms with Crippen molar-refractivity contribution in [2.24, 2.45) is 0 Å². The number of carbonyl (C=O) groups is 1. The lowest BCUT2D eigenvalue weighted by atomic mass is 10.1. The maximum atomic E-state index is 10.4. The standard InChI is InChI=1S/C12H12O3/c1-10(13)15-9-5-8-12(14)11-6-3-2-4-7-11/h2-4,6-7,12,14H,9H2,1H3/t12-/m1/s1. The number of ether oxygens (including phenoxy) is 1. The number of hydrogen-bond acceptors (Lipinski definition) is 3. The summed E-state index contributed by atoms with van der Waals surface area (Å²) in [5, 5.41) is 9.57. The van der Waals surface area contributed by atoms with Crippen LogP contribution in [-0.2, 0) is 9.53 Å². The SMILES string of the molecule is CC(=O)OCC#C[C@@H](O)c1ccccc1. The summed E-state index contributed by atoms with van der Waals surface area (Å²) in [6.07, 6.45) is -0.832. The number of aliphatic hydroxyl groups is 1. The van der Waals surface area contributed by atoms with Crippen molar-refractivity contribution >= 4 is 5.97 Å². The van der Waals surface area contributed by atoms with Gasteiger partial charge in [-0.1, -0.05) is 42.2 Å². The number of esters is 1. The van der Waals surface area contributed by atoms with Crippen molar-refractivity contribution in [3.8, 4) is 11.8 Å². The molecule has 1 atom stereocenters. The molecule has 0 aliphatic heterocycles. The summed E-state index contributed by atoms with van der Waals surface area (Å²) in [6, 6.07) is 9.08. The van der Waals surface area contributed by atoms with Crippen molar-refractivity contribution in [1.29, 1.82) is 0 Å². The van der Waals surface area contributed by atoms with Gasteiger partial charge in [-0.05, 0) is 5.56 Å². The van der Waals surface area contributed by atoms with Gasteiger partial charge >= 0.3 is 5.97 Å². The Labute approximate surface area is 88.7 Å². The molecule has 1 N–H and O–H groups in total. The summed E-state index contributed by atoms with van der Waals surface area (Å²) in [5.41, 5.74) is 0.729. The summed E-state index contributed by atoms with van der Waals surface area (Å²) < 4.78 is 4.60. The first-order valence-electron chi connectivity index (χ1n) is 4.55. The predicted molar refractivity (Wildman–Crippen MR) is 55.8 cm³/mol. The topological polar surface area (TPSA) is 46.5 Å². The minimum absolute atomic E-state index is 0.0131. The first kappa shape index (κ1) is 11.3. The molecule has 3 heteroatoms. The smallest absolute Gasteiger partial charge is 0.303 e. The van der Waals surface area contributed by atoms with Crippen LogP contribution >= 0.6 is 0 Å². The average molecular weight is 204 g/mol. The van der Waals surface area contributed by atoms with Crippen LogP contribution in [0.4, 0.5) is 0 Å². The molecule has 0 unspecified atom stereocenters. The molecule has 0 bridgehead atoms. The summed E-state index contributed by atoms with van der Waals surface area (Å²) in [7, 11) is 0. The van der Waals surface area contributed by atoms with E-state index in [0.29, 0.717) is 0 Å². The fourth-order valence-corrected chi connectivity index (χ4v) is 0.995. The predicted octanol–water partition coefficient (Wildman–Crippen LogP) is 1.29. The monoisotopic (exact) mass is 204 g/mol. The molecule has 3 nitrogen and oxygen atoms in total. The molecule has 1 rings (SSSR count). The molecule has 1 aromatic rings. The Kier molecular flexibility index (Phi) is 4.39. The lowest BCUT2D eigenvalue weighted by Gasteiger charge is -2.01. The maximum absolute atomic E-state index is 10.4. The Balaban J connectivity index is 2.48. The molecular formula is C12H12O3. The summed E-state index contributed by atoms with van der Waals surface area (Å²) >= 11 is 0. The lowest BCUT2D eigenvalue weighted by molar-refractivity contribution is -0.139. The largest absolute Gasteiger partial charge is 0.453 e. The van der Waals surface area contributed by atoms with E-state index in [4.69, 9.17) is 0 Å². The minimum atomic E-state index is -0.832. The van der Waals surface area contributed by atoms with Crippen molar-refractivity contribution < 1.29 is 14.6 Å². The number of aliphatic hydroxyl groups excluding tert-OH is 1. The van der Waals surface area contributed by atoms with E-state index in [1.807, 2.05) is 18.2 Å². The van der Waals surface area contributed by atoms with E-state index in [0.717, 1.165) is 5.56 Å². The molecule has 1 aromatic carbocycles. The summed E-state index contributed by atoms with van der Waals surface area (Å²) in [6.45, 7) is 1.33. The first-order chi connectivity index (χ1) is 7.20. The zero-order chi connectivity index (χ0) is 11.1. The van der Waals surface area contributed by atoms with Gasteiger partial charge in [0.25, 0.3) is 0 Å². The van der Waals surface area contributed by atoms with Gasteiger partial charge < -0.3 is 9.84 Å². The van der Waals surface area contributed by atoms with Gasteiger partial charge in [0.1, 0.15) is 6.10 Å². The van der Waals surface area contributed by atoms with Crippen molar-refractivity contribution in [2.75, 3.05) is 6.61 Å². The van der Waals surface area contributed by atoms with E-state index >= 15 is 0 Å². The van der Waals surface area contributed by atoms with E-state index < -0.39 is 6.10 Å². The van der Waals surface area contributed by atoms with Crippen LogP contribution in [0.2, 0.25) is 0 Å². The van der Waals surface area contributed by atoms with Crippen LogP contribution in [-0.4, -0.2) is 17.7 Å². The average Bonchev–Trinajstić information content (AvgIpc) is 2.25. The fraction of sp³-hybridized carbons (Fsp3) is 0.250. The van der Waals surface area contributed by atoms with Crippen LogP contribution in [0.15, 0.2) is 30.3 Å². The van der Waals surface area contributed by atoms with Gasteiger partial charge in [-0.3, -0.25) is 4.79 Å². The number of hydrogen-bond donors (Lipinski definition) is 1. The normalized spacial score (nSPS) is 11.1. The second-order valence-corrected chi connectivity index (χ2v) is 2.91. The Morgan fingerprint density at radius 1 is 1.47 bits per heavy atom. The Morgan fingerprint density at radius 2 is 2.13 bits per heavy atom. The molecule has 0 spiro atoms. The fourth-order valence-electron chi connectivity index (χ4n) is 0.995. The van der Waals surface area contributed by atoms with E-state index in [9.17, 15) is 9.90 Å². The first-order valence-corrected chi connectivity index (χ1v) is 4.55. The summed E-state index contributed by atoms with van der Waals surface area (Å²) in [4.78, 5) is 10.4. The van der Waals surface area contributed by atoms with Crippen LogP contribution in [0.1, 0.15) is 18.6 Å². The van der Waals surface area contributed by atoms with Crippen molar-refractivity contribution in [3.63, 3.8) is 0 Å². The number of benzene rings is 1. The van der Waals surface area contributed by atoms with Crippen LogP contribution < -0.4 is 0 Å². The van der Waals surface area contributed by atoms with Gasteiger partial charge in [0.05, 0.1) is 0 Å². The second kappa shape index (κ2) is 5.84. The van der Waals surface area contributed by atoms with Crippen molar-refractivity contribution in [1.82, 2.24) is 0 Å². The third-order valence-electron chi connectivity index (χ3n) is 1.70. The Hall–Kier alpha value is -1.79. The highest BCUT2D eigenvalue weighted by Crippen LogP contribution is 2.09. The molecular weight excluding hydrogens is 192 g/mol. The molecule has 0 aliphatic rings. The van der Waals surface area contributed by atoms with Gasteiger partial charge in [0.15, 0.2) is 6.61 Å². The summed E-state index contributed by atoms with van der Waals surface area (Å²) in [5.74, 6) is 4.78. The minimum Gasteiger partial charge on any atom is -0.453 e. The second-order valence-electron chi connectivity index (χ2n) is 2.91. The molecule has 0 saturated carbocycles. The van der Waals surface area contributed by atoms with Crippen LogP contribution in [0, 0.1) is 11.8 Å². The number of carbonyl (C=O) groups excluding carboxylic acids is 1. The highest BCUT2D eigenvalue weighted by molar-refractivity contribution is 5.66. The zero-order valence-corrected chi connectivity index (χ0v) is 8.43.